The molecule has 2 aromatic rings. The van der Waals surface area contributed by atoms with E-state index in [4.69, 9.17) is 5.11 Å². The maximum Gasteiger partial charge on any atom is 0.265 e. The minimum Gasteiger partial charge on any atom is -0.390 e. The zero-order chi connectivity index (χ0) is 13.3. The Hall–Kier alpha value is -1.45. The Kier molecular flexibility index (Phi) is 3.37. The van der Waals surface area contributed by atoms with Crippen molar-refractivity contribution >= 4 is 26.5 Å². The van der Waals surface area contributed by atoms with E-state index in [1.807, 2.05) is 0 Å². The van der Waals surface area contributed by atoms with E-state index in [0.29, 0.717) is 10.7 Å². The molecule has 9 heteroatoms. The molecule has 0 aromatic carbocycles. The molecule has 0 radical (unpaired) electrons. The van der Waals surface area contributed by atoms with Crippen LogP contribution < -0.4 is 4.72 Å². The number of aliphatic hydroxyl groups is 1. The highest BCUT2D eigenvalue weighted by molar-refractivity contribution is 7.93. The molecule has 2 aromatic heterocycles. The Morgan fingerprint density at radius 2 is 2.22 bits per heavy atom. The van der Waals surface area contributed by atoms with Crippen molar-refractivity contribution in [1.82, 2.24) is 14.8 Å². The van der Waals surface area contributed by atoms with Crippen molar-refractivity contribution in [2.45, 2.75) is 18.4 Å². The zero-order valence-corrected chi connectivity index (χ0v) is 11.4. The number of aryl methyl sites for hydroxylation is 2. The van der Waals surface area contributed by atoms with Gasteiger partial charge in [0.1, 0.15) is 9.90 Å². The molecule has 0 amide bonds. The summed E-state index contributed by atoms with van der Waals surface area (Å²) in [6.07, 6.45) is 1.43. The van der Waals surface area contributed by atoms with E-state index in [0.717, 1.165) is 11.3 Å². The molecule has 0 spiro atoms. The summed E-state index contributed by atoms with van der Waals surface area (Å²) in [7, 11) is -2.02. The van der Waals surface area contributed by atoms with Crippen molar-refractivity contribution in [1.29, 1.82) is 0 Å². The van der Waals surface area contributed by atoms with Gasteiger partial charge in [-0.15, -0.1) is 10.2 Å². The van der Waals surface area contributed by atoms with Gasteiger partial charge in [0.25, 0.3) is 10.0 Å². The normalized spacial score (nSPS) is 11.7. The van der Waals surface area contributed by atoms with Crippen LogP contribution >= 0.6 is 11.3 Å². The summed E-state index contributed by atoms with van der Waals surface area (Å²) in [5.41, 5.74) is 0.517. The zero-order valence-electron chi connectivity index (χ0n) is 9.78. The summed E-state index contributed by atoms with van der Waals surface area (Å²) >= 11 is 1.16. The van der Waals surface area contributed by atoms with Gasteiger partial charge in [-0.25, -0.2) is 8.42 Å². The van der Waals surface area contributed by atoms with Gasteiger partial charge in [0.2, 0.25) is 5.13 Å². The molecule has 0 saturated heterocycles. The molecule has 2 rings (SSSR count). The highest BCUT2D eigenvalue weighted by Gasteiger charge is 2.19. The lowest BCUT2D eigenvalue weighted by Gasteiger charge is -2.00. The third-order valence-corrected chi connectivity index (χ3v) is 4.49. The minimum atomic E-state index is -3.69. The fraction of sp³-hybridized carbons (Fsp3) is 0.333. The summed E-state index contributed by atoms with van der Waals surface area (Å²) in [6, 6.07) is 1.41. The first kappa shape index (κ1) is 13.0. The lowest BCUT2D eigenvalue weighted by atomic mass is 10.5. The standard InChI is InChI=1S/C9H12N4O3S2/c1-6-10-11-9(17-6)12-18(15,16)8-3-7(5-14)13(2)4-8/h3-4,14H,5H2,1-2H3,(H,11,12). The van der Waals surface area contributed by atoms with E-state index in [2.05, 4.69) is 14.9 Å². The summed E-state index contributed by atoms with van der Waals surface area (Å²) in [6.45, 7) is 1.52. The number of aliphatic hydroxyl groups excluding tert-OH is 1. The van der Waals surface area contributed by atoms with Gasteiger partial charge in [-0.3, -0.25) is 4.72 Å². The van der Waals surface area contributed by atoms with Gasteiger partial charge >= 0.3 is 0 Å². The SMILES string of the molecule is Cc1nnc(NS(=O)(=O)c2cc(CO)n(C)c2)s1. The number of hydrogen-bond acceptors (Lipinski definition) is 6. The highest BCUT2D eigenvalue weighted by Crippen LogP contribution is 2.20. The van der Waals surface area contributed by atoms with E-state index in [9.17, 15) is 8.42 Å². The molecule has 0 fully saturated rings. The number of aromatic nitrogens is 3. The third kappa shape index (κ3) is 2.52. The number of rotatable bonds is 4. The molecule has 0 atom stereocenters. The molecule has 18 heavy (non-hydrogen) atoms. The lowest BCUT2D eigenvalue weighted by Crippen LogP contribution is -2.12. The Labute approximate surface area is 108 Å². The predicted molar refractivity (Wildman–Crippen MR) is 66.8 cm³/mol. The second-order valence-electron chi connectivity index (χ2n) is 3.67. The van der Waals surface area contributed by atoms with E-state index >= 15 is 0 Å². The largest absolute Gasteiger partial charge is 0.390 e. The molecule has 2 heterocycles. The molecule has 0 unspecified atom stereocenters. The first-order valence-corrected chi connectivity index (χ1v) is 7.31. The number of nitrogens with zero attached hydrogens (tertiary/aromatic N) is 3. The van der Waals surface area contributed by atoms with E-state index in [1.54, 1.807) is 18.5 Å². The number of hydrogen-bond donors (Lipinski definition) is 2. The summed E-state index contributed by atoms with van der Waals surface area (Å²) in [4.78, 5) is 0.0851. The van der Waals surface area contributed by atoms with Crippen LogP contribution in [-0.2, 0) is 23.7 Å². The average Bonchev–Trinajstić information content (AvgIpc) is 2.84. The summed E-state index contributed by atoms with van der Waals surface area (Å²) in [5.74, 6) is 0. The van der Waals surface area contributed by atoms with Crippen LogP contribution in [0.4, 0.5) is 5.13 Å². The Morgan fingerprint density at radius 3 is 2.72 bits per heavy atom. The predicted octanol–water partition coefficient (Wildman–Crippen LogP) is 0.478. The topological polar surface area (TPSA) is 97.1 Å². The molecular formula is C9H12N4O3S2. The van der Waals surface area contributed by atoms with E-state index < -0.39 is 10.0 Å². The molecule has 0 aliphatic heterocycles. The number of anilines is 1. The van der Waals surface area contributed by atoms with Gasteiger partial charge < -0.3 is 9.67 Å². The Balaban J connectivity index is 2.30. The molecule has 7 nitrogen and oxygen atoms in total. The maximum absolute atomic E-state index is 12.0. The molecule has 98 valence electrons. The number of nitrogens with one attached hydrogen (secondary N) is 1. The minimum absolute atomic E-state index is 0.0851. The van der Waals surface area contributed by atoms with Crippen LogP contribution in [0.3, 0.4) is 0 Å². The van der Waals surface area contributed by atoms with Crippen molar-refractivity contribution in [2.24, 2.45) is 7.05 Å². The summed E-state index contributed by atoms with van der Waals surface area (Å²) in [5, 5.41) is 17.4. The van der Waals surface area contributed by atoms with Gasteiger partial charge in [0.15, 0.2) is 0 Å². The molecular weight excluding hydrogens is 276 g/mol. The summed E-state index contributed by atoms with van der Waals surface area (Å²) < 4.78 is 27.9. The van der Waals surface area contributed by atoms with Crippen molar-refractivity contribution in [3.05, 3.63) is 23.0 Å². The fourth-order valence-electron chi connectivity index (χ4n) is 1.39. The maximum atomic E-state index is 12.0. The quantitative estimate of drug-likeness (QED) is 0.852. The van der Waals surface area contributed by atoms with Crippen molar-refractivity contribution < 1.29 is 13.5 Å². The Morgan fingerprint density at radius 1 is 1.50 bits per heavy atom. The first-order chi connectivity index (χ1) is 8.42. The lowest BCUT2D eigenvalue weighted by molar-refractivity contribution is 0.272. The second-order valence-corrected chi connectivity index (χ2v) is 6.53. The van der Waals surface area contributed by atoms with Crippen LogP contribution in [0.5, 0.6) is 0 Å². The fourth-order valence-corrected chi connectivity index (χ4v) is 3.31. The van der Waals surface area contributed by atoms with Crippen LogP contribution in [0.1, 0.15) is 10.7 Å². The van der Waals surface area contributed by atoms with Gasteiger partial charge in [-0.05, 0) is 13.0 Å². The third-order valence-electron chi connectivity index (χ3n) is 2.30. The van der Waals surface area contributed by atoms with Gasteiger partial charge in [0, 0.05) is 18.9 Å². The molecule has 0 aliphatic carbocycles. The van der Waals surface area contributed by atoms with Gasteiger partial charge in [-0.2, -0.15) is 0 Å². The van der Waals surface area contributed by atoms with Crippen molar-refractivity contribution in [3.8, 4) is 0 Å². The molecule has 0 saturated carbocycles. The van der Waals surface area contributed by atoms with Crippen molar-refractivity contribution in [2.75, 3.05) is 4.72 Å². The monoisotopic (exact) mass is 288 g/mol. The average molecular weight is 288 g/mol. The van der Waals surface area contributed by atoms with Crippen LogP contribution in [-0.4, -0.2) is 28.3 Å². The van der Waals surface area contributed by atoms with Gasteiger partial charge in [0.05, 0.1) is 6.61 Å². The first-order valence-electron chi connectivity index (χ1n) is 5.01. The van der Waals surface area contributed by atoms with E-state index in [1.165, 1.54) is 12.3 Å². The van der Waals surface area contributed by atoms with Gasteiger partial charge in [-0.1, -0.05) is 11.3 Å². The van der Waals surface area contributed by atoms with Crippen LogP contribution in [0.15, 0.2) is 17.2 Å². The smallest absolute Gasteiger partial charge is 0.265 e. The highest BCUT2D eigenvalue weighted by atomic mass is 32.2. The molecule has 2 N–H and O–H groups in total. The van der Waals surface area contributed by atoms with E-state index in [-0.39, 0.29) is 16.6 Å². The Bertz CT molecular complexity index is 659. The van der Waals surface area contributed by atoms with Crippen LogP contribution in [0.2, 0.25) is 0 Å². The van der Waals surface area contributed by atoms with Crippen LogP contribution in [0.25, 0.3) is 0 Å². The molecule has 0 aliphatic rings. The molecule has 0 bridgehead atoms. The number of sulfonamides is 1. The second kappa shape index (κ2) is 4.67. The van der Waals surface area contributed by atoms with Crippen molar-refractivity contribution in [3.63, 3.8) is 0 Å². The van der Waals surface area contributed by atoms with Crippen LogP contribution in [0, 0.1) is 6.92 Å².